The standard InChI is InChI=1S/C21H31N3O3/c1-15(18-23-19(24-27-18)20(2,3)4)22-14-21(10-12-26-13-11-21)16-6-8-17(25-5)9-7-16/h6-9,15,22H,10-14H2,1-5H3. The van der Waals surface area contributed by atoms with Gasteiger partial charge in [0.05, 0.1) is 13.2 Å². The van der Waals surface area contributed by atoms with Gasteiger partial charge in [0.1, 0.15) is 5.75 Å². The van der Waals surface area contributed by atoms with Crippen LogP contribution in [0.3, 0.4) is 0 Å². The Hall–Kier alpha value is -1.92. The number of hydrogen-bond acceptors (Lipinski definition) is 6. The Balaban J connectivity index is 1.73. The minimum atomic E-state index is -0.119. The highest BCUT2D eigenvalue weighted by atomic mass is 16.5. The highest BCUT2D eigenvalue weighted by Gasteiger charge is 2.35. The van der Waals surface area contributed by atoms with Crippen LogP contribution in [0.5, 0.6) is 5.75 Å². The van der Waals surface area contributed by atoms with Crippen LogP contribution in [0.25, 0.3) is 0 Å². The van der Waals surface area contributed by atoms with Crippen molar-refractivity contribution in [2.24, 2.45) is 0 Å². The van der Waals surface area contributed by atoms with Crippen LogP contribution in [-0.2, 0) is 15.6 Å². The molecule has 0 radical (unpaired) electrons. The van der Waals surface area contributed by atoms with E-state index in [1.54, 1.807) is 7.11 Å². The fourth-order valence-corrected chi connectivity index (χ4v) is 3.43. The zero-order valence-corrected chi connectivity index (χ0v) is 17.0. The summed E-state index contributed by atoms with van der Waals surface area (Å²) in [4.78, 5) is 4.58. The van der Waals surface area contributed by atoms with Crippen molar-refractivity contribution in [3.05, 3.63) is 41.5 Å². The summed E-state index contributed by atoms with van der Waals surface area (Å²) in [6, 6.07) is 8.39. The molecule has 1 saturated heterocycles. The second-order valence-corrected chi connectivity index (χ2v) is 8.43. The van der Waals surface area contributed by atoms with Crippen LogP contribution in [0, 0.1) is 0 Å². The zero-order chi connectivity index (χ0) is 19.5. The Morgan fingerprint density at radius 1 is 1.19 bits per heavy atom. The third-order valence-electron chi connectivity index (χ3n) is 5.38. The molecule has 2 heterocycles. The second kappa shape index (κ2) is 7.98. The summed E-state index contributed by atoms with van der Waals surface area (Å²) in [5.74, 6) is 2.25. The van der Waals surface area contributed by atoms with Gasteiger partial charge in [-0.15, -0.1) is 0 Å². The minimum absolute atomic E-state index is 0.00781. The lowest BCUT2D eigenvalue weighted by molar-refractivity contribution is 0.0486. The first-order chi connectivity index (χ1) is 12.8. The van der Waals surface area contributed by atoms with E-state index in [-0.39, 0.29) is 16.9 Å². The van der Waals surface area contributed by atoms with E-state index in [1.807, 2.05) is 12.1 Å². The topological polar surface area (TPSA) is 69.4 Å². The molecule has 0 spiro atoms. The van der Waals surface area contributed by atoms with E-state index in [4.69, 9.17) is 14.0 Å². The van der Waals surface area contributed by atoms with Crippen molar-refractivity contribution in [1.29, 1.82) is 0 Å². The third-order valence-corrected chi connectivity index (χ3v) is 5.38. The largest absolute Gasteiger partial charge is 0.497 e. The first-order valence-electron chi connectivity index (χ1n) is 9.64. The third kappa shape index (κ3) is 4.50. The Morgan fingerprint density at radius 2 is 1.85 bits per heavy atom. The maximum atomic E-state index is 5.63. The molecule has 1 atom stereocenters. The lowest BCUT2D eigenvalue weighted by Gasteiger charge is -2.38. The Morgan fingerprint density at radius 3 is 2.41 bits per heavy atom. The van der Waals surface area contributed by atoms with Crippen molar-refractivity contribution in [3.63, 3.8) is 0 Å². The molecule has 1 aliphatic heterocycles. The quantitative estimate of drug-likeness (QED) is 0.831. The molecule has 1 aliphatic rings. The Kier molecular flexibility index (Phi) is 5.86. The van der Waals surface area contributed by atoms with Gasteiger partial charge in [-0.05, 0) is 37.5 Å². The van der Waals surface area contributed by atoms with Gasteiger partial charge in [-0.1, -0.05) is 38.1 Å². The number of methoxy groups -OCH3 is 1. The van der Waals surface area contributed by atoms with E-state index < -0.39 is 0 Å². The lowest BCUT2D eigenvalue weighted by Crippen LogP contribution is -2.43. The normalized spacial score (nSPS) is 18.3. The SMILES string of the molecule is COc1ccc(C2(CNC(C)c3nc(C(C)(C)C)no3)CCOCC2)cc1. The number of hydrogen-bond donors (Lipinski definition) is 1. The predicted molar refractivity (Wildman–Crippen MR) is 104 cm³/mol. The number of benzene rings is 1. The van der Waals surface area contributed by atoms with Gasteiger partial charge in [0.15, 0.2) is 5.82 Å². The van der Waals surface area contributed by atoms with E-state index in [2.05, 4.69) is 55.3 Å². The van der Waals surface area contributed by atoms with E-state index in [0.717, 1.165) is 44.2 Å². The van der Waals surface area contributed by atoms with Crippen molar-refractivity contribution >= 4 is 0 Å². The van der Waals surface area contributed by atoms with E-state index in [0.29, 0.717) is 5.89 Å². The zero-order valence-electron chi connectivity index (χ0n) is 17.0. The van der Waals surface area contributed by atoms with Crippen molar-refractivity contribution in [2.75, 3.05) is 26.9 Å². The molecule has 0 amide bonds. The molecule has 3 rings (SSSR count). The number of nitrogens with one attached hydrogen (secondary N) is 1. The average molecular weight is 373 g/mol. The molecule has 6 nitrogen and oxygen atoms in total. The molecular formula is C21H31N3O3. The number of nitrogens with zero attached hydrogens (tertiary/aromatic N) is 2. The van der Waals surface area contributed by atoms with Gasteiger partial charge in [-0.2, -0.15) is 4.98 Å². The van der Waals surface area contributed by atoms with E-state index in [1.165, 1.54) is 5.56 Å². The van der Waals surface area contributed by atoms with Crippen LogP contribution in [0.4, 0.5) is 0 Å². The fraction of sp³-hybridized carbons (Fsp3) is 0.619. The fourth-order valence-electron chi connectivity index (χ4n) is 3.43. The van der Waals surface area contributed by atoms with Crippen molar-refractivity contribution in [3.8, 4) is 5.75 Å². The summed E-state index contributed by atoms with van der Waals surface area (Å²) in [5, 5.41) is 7.76. The molecule has 0 bridgehead atoms. The van der Waals surface area contributed by atoms with Crippen molar-refractivity contribution < 1.29 is 14.0 Å². The first-order valence-corrected chi connectivity index (χ1v) is 9.64. The number of ether oxygens (including phenoxy) is 2. The Labute approximate surface area is 161 Å². The van der Waals surface area contributed by atoms with Gasteiger partial charge in [-0.3, -0.25) is 0 Å². The lowest BCUT2D eigenvalue weighted by atomic mass is 9.74. The van der Waals surface area contributed by atoms with Crippen LogP contribution in [0.15, 0.2) is 28.8 Å². The number of rotatable bonds is 6. The molecule has 27 heavy (non-hydrogen) atoms. The summed E-state index contributed by atoms with van der Waals surface area (Å²) in [7, 11) is 1.69. The summed E-state index contributed by atoms with van der Waals surface area (Å²) in [6.45, 7) is 10.7. The van der Waals surface area contributed by atoms with Gasteiger partial charge in [0.25, 0.3) is 0 Å². The summed E-state index contributed by atoms with van der Waals surface area (Å²) in [6.07, 6.45) is 1.96. The van der Waals surface area contributed by atoms with Gasteiger partial charge >= 0.3 is 0 Å². The molecular weight excluding hydrogens is 342 g/mol. The summed E-state index contributed by atoms with van der Waals surface area (Å²) < 4.78 is 16.4. The first kappa shape index (κ1) is 19.8. The van der Waals surface area contributed by atoms with Gasteiger partial charge in [-0.25, -0.2) is 0 Å². The van der Waals surface area contributed by atoms with Crippen LogP contribution in [0.1, 0.15) is 63.9 Å². The van der Waals surface area contributed by atoms with Crippen LogP contribution >= 0.6 is 0 Å². The van der Waals surface area contributed by atoms with Crippen molar-refractivity contribution in [2.45, 2.75) is 57.4 Å². The maximum absolute atomic E-state index is 5.63. The molecule has 0 saturated carbocycles. The maximum Gasteiger partial charge on any atom is 0.243 e. The smallest absolute Gasteiger partial charge is 0.243 e. The van der Waals surface area contributed by atoms with E-state index >= 15 is 0 Å². The van der Waals surface area contributed by atoms with Crippen LogP contribution in [0.2, 0.25) is 0 Å². The van der Waals surface area contributed by atoms with Gasteiger partial charge in [0.2, 0.25) is 5.89 Å². The Bertz CT molecular complexity index is 728. The molecule has 0 aliphatic carbocycles. The van der Waals surface area contributed by atoms with Gasteiger partial charge < -0.3 is 19.3 Å². The predicted octanol–water partition coefficient (Wildman–Crippen LogP) is 3.77. The molecule has 148 valence electrons. The second-order valence-electron chi connectivity index (χ2n) is 8.43. The van der Waals surface area contributed by atoms with Gasteiger partial charge in [0, 0.05) is 30.6 Å². The van der Waals surface area contributed by atoms with Crippen molar-refractivity contribution in [1.82, 2.24) is 15.5 Å². The minimum Gasteiger partial charge on any atom is -0.497 e. The molecule has 1 unspecified atom stereocenters. The van der Waals surface area contributed by atoms with Crippen LogP contribution < -0.4 is 10.1 Å². The molecule has 1 aromatic carbocycles. The van der Waals surface area contributed by atoms with Crippen LogP contribution in [-0.4, -0.2) is 37.0 Å². The molecule has 6 heteroatoms. The molecule has 2 aromatic rings. The average Bonchev–Trinajstić information content (AvgIpc) is 3.18. The summed E-state index contributed by atoms with van der Waals surface area (Å²) >= 11 is 0. The summed E-state index contributed by atoms with van der Waals surface area (Å²) in [5.41, 5.74) is 1.23. The van der Waals surface area contributed by atoms with E-state index in [9.17, 15) is 0 Å². The molecule has 1 N–H and O–H groups in total. The highest BCUT2D eigenvalue weighted by Crippen LogP contribution is 2.35. The molecule has 1 fully saturated rings. The number of aromatic nitrogens is 2. The molecule has 1 aromatic heterocycles. The highest BCUT2D eigenvalue weighted by molar-refractivity contribution is 5.33. The monoisotopic (exact) mass is 373 g/mol.